The van der Waals surface area contributed by atoms with E-state index in [-0.39, 0.29) is 11.3 Å². The summed E-state index contributed by atoms with van der Waals surface area (Å²) in [6, 6.07) is 12.2. The van der Waals surface area contributed by atoms with Gasteiger partial charge in [0.15, 0.2) is 0 Å². The van der Waals surface area contributed by atoms with E-state index in [0.717, 1.165) is 30.5 Å². The number of H-pyrrole nitrogens is 1. The number of pyridine rings is 1. The molecule has 208 valence electrons. The van der Waals surface area contributed by atoms with Crippen molar-refractivity contribution in [2.45, 2.75) is 86.5 Å². The maximum absolute atomic E-state index is 13.8. The number of nitrogens with one attached hydrogen (secondary N) is 2. The molecule has 2 N–H and O–H groups in total. The van der Waals surface area contributed by atoms with E-state index in [1.54, 1.807) is 0 Å². The van der Waals surface area contributed by atoms with Gasteiger partial charge in [0.1, 0.15) is 0 Å². The van der Waals surface area contributed by atoms with Crippen LogP contribution in [0.3, 0.4) is 0 Å². The molecule has 0 aliphatic heterocycles. The molecule has 0 aliphatic carbocycles. The van der Waals surface area contributed by atoms with Crippen LogP contribution in [-0.4, -0.2) is 60.3 Å². The van der Waals surface area contributed by atoms with Crippen LogP contribution in [0.2, 0.25) is 13.3 Å². The number of hydrogen-bond acceptors (Lipinski definition) is 3. The van der Waals surface area contributed by atoms with E-state index < -0.39 is 18.4 Å². The van der Waals surface area contributed by atoms with Gasteiger partial charge in [0.2, 0.25) is 0 Å². The summed E-state index contributed by atoms with van der Waals surface area (Å²) in [6.07, 6.45) is 7.58. The van der Waals surface area contributed by atoms with Crippen molar-refractivity contribution >= 4 is 49.7 Å². The van der Waals surface area contributed by atoms with Gasteiger partial charge in [-0.25, -0.2) is 0 Å². The number of unbranched alkanes of at least 4 members (excludes halogenated alkanes) is 3. The molecule has 38 heavy (non-hydrogen) atoms. The molecule has 1 aromatic heterocycles. The Morgan fingerprint density at radius 1 is 0.868 bits per heavy atom. The summed E-state index contributed by atoms with van der Waals surface area (Å²) >= 11 is -2.66. The first-order valence-corrected chi connectivity index (χ1v) is 22.5. The van der Waals surface area contributed by atoms with Gasteiger partial charge < -0.3 is 0 Å². The predicted octanol–water partition coefficient (Wildman–Crippen LogP) is 6.81. The zero-order chi connectivity index (χ0) is 27.5. The zero-order valence-corrected chi connectivity index (χ0v) is 27.3. The third-order valence-corrected chi connectivity index (χ3v) is 23.9. The summed E-state index contributed by atoms with van der Waals surface area (Å²) < 4.78 is 5.64. The predicted molar refractivity (Wildman–Crippen MR) is 167 cm³/mol. The van der Waals surface area contributed by atoms with Gasteiger partial charge in [0.25, 0.3) is 0 Å². The molecule has 0 aliphatic rings. The Morgan fingerprint density at radius 2 is 1.50 bits per heavy atom. The number of nitrogens with zero attached hydrogens (tertiary/aromatic N) is 1. The molecule has 0 bridgehead atoms. The minimum absolute atomic E-state index is 0.0371. The van der Waals surface area contributed by atoms with E-state index in [2.05, 4.69) is 68.0 Å². The Kier molecular flexibility index (Phi) is 12.2. The summed E-state index contributed by atoms with van der Waals surface area (Å²) in [5.74, 6) is -0.136. The number of amides is 1. The van der Waals surface area contributed by atoms with Gasteiger partial charge in [-0.1, -0.05) is 13.8 Å². The SMILES string of the molecule is CCC[CH2][Sn]([CH2]CCC)([CH2]CCC)[c]1ccc2[nH]c3c(C(=O)NCCN(CC)CC)cccc3c(=O)c2c1. The van der Waals surface area contributed by atoms with E-state index >= 15 is 0 Å². The Bertz CT molecular complexity index is 1230. The number of para-hydroxylation sites is 1. The number of fused-ring (bicyclic) bond motifs is 2. The van der Waals surface area contributed by atoms with Crippen molar-refractivity contribution in [1.29, 1.82) is 0 Å². The summed E-state index contributed by atoms with van der Waals surface area (Å²) in [5, 5.41) is 4.43. The normalized spacial score (nSPS) is 12.1. The Balaban J connectivity index is 2.04. The average molecular weight is 626 g/mol. The van der Waals surface area contributed by atoms with E-state index in [0.29, 0.717) is 23.0 Å². The Hall–Kier alpha value is -1.86. The van der Waals surface area contributed by atoms with Crippen LogP contribution in [-0.2, 0) is 0 Å². The first-order valence-electron chi connectivity index (χ1n) is 15.0. The third kappa shape index (κ3) is 7.20. The standard InChI is InChI=1S/C20H22N3O2.3C4H9.Sn/c1-3-23(4-2)13-12-21-20(25)16-10-7-9-15-18(16)22-17-11-6-5-8-14(17)19(15)24;3*1-3-4-2;/h6-11H,3-4,12-13H2,1-2H3,(H,21,25)(H,22,24);3*1,3-4H2,2H3;. The monoisotopic (exact) mass is 627 g/mol. The third-order valence-electron chi connectivity index (χ3n) is 8.32. The first kappa shape index (κ1) is 30.7. The Labute approximate surface area is 233 Å². The van der Waals surface area contributed by atoms with Crippen LogP contribution < -0.4 is 14.3 Å². The van der Waals surface area contributed by atoms with Crippen LogP contribution in [0, 0.1) is 0 Å². The van der Waals surface area contributed by atoms with Gasteiger partial charge in [0, 0.05) is 0 Å². The molecular formula is C32H49N3O2Sn. The van der Waals surface area contributed by atoms with Crippen LogP contribution >= 0.6 is 0 Å². The molecule has 0 fully saturated rings. The number of carbonyl (C=O) groups is 1. The van der Waals surface area contributed by atoms with Gasteiger partial charge in [0.05, 0.1) is 0 Å². The fourth-order valence-corrected chi connectivity index (χ4v) is 21.8. The summed E-state index contributed by atoms with van der Waals surface area (Å²) in [4.78, 5) is 32.7. The number of carbonyl (C=O) groups excluding carboxylic acids is 1. The maximum atomic E-state index is 13.8. The van der Waals surface area contributed by atoms with Gasteiger partial charge >= 0.3 is 208 Å². The molecular weight excluding hydrogens is 577 g/mol. The summed E-state index contributed by atoms with van der Waals surface area (Å²) in [7, 11) is 0. The van der Waals surface area contributed by atoms with Gasteiger partial charge in [-0.3, -0.25) is 0 Å². The molecule has 6 heteroatoms. The number of aromatic nitrogens is 1. The van der Waals surface area contributed by atoms with Crippen LogP contribution in [0.4, 0.5) is 0 Å². The van der Waals surface area contributed by atoms with Crippen LogP contribution in [0.1, 0.15) is 83.5 Å². The summed E-state index contributed by atoms with van der Waals surface area (Å²) in [5.41, 5.74) is 2.04. The first-order chi connectivity index (χ1) is 18.4. The van der Waals surface area contributed by atoms with Crippen molar-refractivity contribution in [2.24, 2.45) is 0 Å². The van der Waals surface area contributed by atoms with E-state index in [4.69, 9.17) is 0 Å². The number of aromatic amines is 1. The fourth-order valence-electron chi connectivity index (χ4n) is 5.83. The molecule has 3 aromatic rings. The molecule has 0 atom stereocenters. The minimum atomic E-state index is -2.66. The molecule has 5 nitrogen and oxygen atoms in total. The second kappa shape index (κ2) is 15.1. The van der Waals surface area contributed by atoms with Crippen molar-refractivity contribution < 1.29 is 4.79 Å². The molecule has 1 heterocycles. The van der Waals surface area contributed by atoms with Gasteiger partial charge in [-0.2, -0.15) is 0 Å². The Morgan fingerprint density at radius 3 is 2.08 bits per heavy atom. The molecule has 0 spiro atoms. The van der Waals surface area contributed by atoms with Gasteiger partial charge in [-0.15, -0.1) is 0 Å². The number of hydrogen-bond donors (Lipinski definition) is 2. The second-order valence-corrected chi connectivity index (χ2v) is 24.1. The van der Waals surface area contributed by atoms with Crippen LogP contribution in [0.15, 0.2) is 41.2 Å². The van der Waals surface area contributed by atoms with Crippen molar-refractivity contribution in [1.82, 2.24) is 15.2 Å². The molecule has 0 saturated carbocycles. The molecule has 0 saturated heterocycles. The molecule has 2 aromatic carbocycles. The van der Waals surface area contributed by atoms with Crippen molar-refractivity contribution in [3.8, 4) is 0 Å². The topological polar surface area (TPSA) is 65.2 Å². The molecule has 0 unspecified atom stereocenters. The van der Waals surface area contributed by atoms with Crippen molar-refractivity contribution in [3.63, 3.8) is 0 Å². The summed E-state index contributed by atoms with van der Waals surface area (Å²) in [6.45, 7) is 14.5. The van der Waals surface area contributed by atoms with E-state index in [9.17, 15) is 9.59 Å². The van der Waals surface area contributed by atoms with Crippen LogP contribution in [0.25, 0.3) is 21.8 Å². The zero-order valence-electron chi connectivity index (χ0n) is 24.4. The average Bonchev–Trinajstić information content (AvgIpc) is 2.95. The van der Waals surface area contributed by atoms with Gasteiger partial charge in [-0.05, 0) is 13.1 Å². The molecule has 3 rings (SSSR count). The number of rotatable bonds is 16. The molecule has 1 amide bonds. The van der Waals surface area contributed by atoms with E-state index in [1.807, 2.05) is 18.2 Å². The van der Waals surface area contributed by atoms with Crippen molar-refractivity contribution in [2.75, 3.05) is 26.2 Å². The second-order valence-electron chi connectivity index (χ2n) is 10.8. The fraction of sp³-hybridized carbons (Fsp3) is 0.562. The number of benzene rings is 2. The molecule has 0 radical (unpaired) electrons. The van der Waals surface area contributed by atoms with E-state index in [1.165, 1.54) is 55.4 Å². The van der Waals surface area contributed by atoms with Crippen LogP contribution in [0.5, 0.6) is 0 Å². The quantitative estimate of drug-likeness (QED) is 0.136. The van der Waals surface area contributed by atoms with Crippen molar-refractivity contribution in [3.05, 3.63) is 52.2 Å². The number of likely N-dealkylation sites (N-methyl/N-ethyl adjacent to an activating group) is 1.